The van der Waals surface area contributed by atoms with Crippen molar-refractivity contribution < 1.29 is 9.59 Å². The first-order chi connectivity index (χ1) is 11.4. The van der Waals surface area contributed by atoms with Crippen LogP contribution in [0.5, 0.6) is 0 Å². The van der Waals surface area contributed by atoms with E-state index in [2.05, 4.69) is 10.6 Å². The highest BCUT2D eigenvalue weighted by Gasteiger charge is 2.30. The molecule has 7 heteroatoms. The Morgan fingerprint density at radius 3 is 2.40 bits per heavy atom. The fourth-order valence-corrected chi connectivity index (χ4v) is 2.93. The molecule has 1 aromatic rings. The topological polar surface area (TPSA) is 87.5 Å². The molecule has 1 aliphatic rings. The van der Waals surface area contributed by atoms with Crippen molar-refractivity contribution in [2.75, 3.05) is 18.4 Å². The van der Waals surface area contributed by atoms with E-state index in [9.17, 15) is 9.59 Å². The summed E-state index contributed by atoms with van der Waals surface area (Å²) in [6.45, 7) is 5.04. The Bertz CT molecular complexity index is 557. The van der Waals surface area contributed by atoms with Crippen LogP contribution in [0, 0.1) is 0 Å². The fourth-order valence-electron chi connectivity index (χ4n) is 2.93. The van der Waals surface area contributed by atoms with Crippen molar-refractivity contribution in [1.82, 2.24) is 10.2 Å². The van der Waals surface area contributed by atoms with Crippen LogP contribution < -0.4 is 16.4 Å². The maximum atomic E-state index is 12.3. The number of para-hydroxylation sites is 1. The van der Waals surface area contributed by atoms with Crippen molar-refractivity contribution in [1.29, 1.82) is 0 Å². The van der Waals surface area contributed by atoms with Crippen LogP contribution in [0.25, 0.3) is 0 Å². The number of piperidine rings is 1. The van der Waals surface area contributed by atoms with Crippen molar-refractivity contribution in [3.05, 3.63) is 30.3 Å². The summed E-state index contributed by atoms with van der Waals surface area (Å²) in [5.41, 5.74) is 6.03. The zero-order valence-electron chi connectivity index (χ0n) is 15.0. The SMILES string of the molecule is CCCC(C)(N)C(=O)NC1CCN(C(=O)Nc2ccccc2)CC1.Cl. The van der Waals surface area contributed by atoms with Crippen LogP contribution in [0.3, 0.4) is 0 Å². The molecule has 0 bridgehead atoms. The lowest BCUT2D eigenvalue weighted by atomic mass is 9.95. The number of benzene rings is 1. The van der Waals surface area contributed by atoms with E-state index in [0.717, 1.165) is 24.9 Å². The largest absolute Gasteiger partial charge is 0.352 e. The lowest BCUT2D eigenvalue weighted by molar-refractivity contribution is -0.127. The Hall–Kier alpha value is -1.79. The van der Waals surface area contributed by atoms with Crippen LogP contribution >= 0.6 is 12.4 Å². The van der Waals surface area contributed by atoms with Gasteiger partial charge in [0.25, 0.3) is 0 Å². The molecule has 1 fully saturated rings. The molecule has 1 heterocycles. The molecule has 1 aromatic carbocycles. The molecule has 0 aliphatic carbocycles. The van der Waals surface area contributed by atoms with Gasteiger partial charge in [-0.05, 0) is 38.3 Å². The maximum Gasteiger partial charge on any atom is 0.321 e. The number of nitrogens with two attached hydrogens (primary N) is 1. The first-order valence-corrected chi connectivity index (χ1v) is 8.63. The van der Waals surface area contributed by atoms with Gasteiger partial charge >= 0.3 is 6.03 Å². The maximum absolute atomic E-state index is 12.3. The monoisotopic (exact) mass is 368 g/mol. The predicted molar refractivity (Wildman–Crippen MR) is 103 cm³/mol. The Kier molecular flexibility index (Phi) is 8.19. The summed E-state index contributed by atoms with van der Waals surface area (Å²) in [6, 6.07) is 9.39. The molecule has 0 radical (unpaired) electrons. The molecule has 3 amide bonds. The Balaban J connectivity index is 0.00000312. The highest BCUT2D eigenvalue weighted by Crippen LogP contribution is 2.15. The molecule has 2 rings (SSSR count). The van der Waals surface area contributed by atoms with E-state index in [0.29, 0.717) is 19.5 Å². The summed E-state index contributed by atoms with van der Waals surface area (Å²) in [4.78, 5) is 26.3. The zero-order valence-corrected chi connectivity index (χ0v) is 15.8. The Labute approximate surface area is 155 Å². The van der Waals surface area contributed by atoms with Crippen LogP contribution in [0.2, 0.25) is 0 Å². The number of nitrogens with one attached hydrogen (secondary N) is 2. The van der Waals surface area contributed by atoms with Crippen LogP contribution in [-0.4, -0.2) is 41.5 Å². The third-order valence-corrected chi connectivity index (χ3v) is 4.43. The number of hydrogen-bond donors (Lipinski definition) is 3. The van der Waals surface area contributed by atoms with E-state index < -0.39 is 5.54 Å². The third-order valence-electron chi connectivity index (χ3n) is 4.43. The molecule has 1 unspecified atom stereocenters. The number of carbonyl (C=O) groups excluding carboxylic acids is 2. The molecule has 25 heavy (non-hydrogen) atoms. The number of anilines is 1. The van der Waals surface area contributed by atoms with Gasteiger partial charge in [-0.25, -0.2) is 4.79 Å². The van der Waals surface area contributed by atoms with Gasteiger partial charge in [-0.3, -0.25) is 4.79 Å². The molecule has 4 N–H and O–H groups in total. The minimum atomic E-state index is -0.823. The molecule has 0 aromatic heterocycles. The van der Waals surface area contributed by atoms with Gasteiger partial charge in [0.1, 0.15) is 0 Å². The third kappa shape index (κ3) is 6.21. The highest BCUT2D eigenvalue weighted by atomic mass is 35.5. The normalized spacial score (nSPS) is 17.2. The molecule has 1 aliphatic heterocycles. The summed E-state index contributed by atoms with van der Waals surface area (Å²) in [5.74, 6) is -0.100. The number of carbonyl (C=O) groups is 2. The molecular formula is C18H29ClN4O2. The van der Waals surface area contributed by atoms with Crippen molar-refractivity contribution >= 4 is 30.0 Å². The number of rotatable bonds is 5. The standard InChI is InChI=1S/C18H28N4O2.ClH/c1-3-11-18(2,19)16(23)20-15-9-12-22(13-10-15)17(24)21-14-7-5-4-6-8-14;/h4-8,15H,3,9-13,19H2,1-2H3,(H,20,23)(H,21,24);1H. The van der Waals surface area contributed by atoms with Gasteiger partial charge in [-0.1, -0.05) is 31.5 Å². The van der Waals surface area contributed by atoms with Crippen LogP contribution in [0.15, 0.2) is 30.3 Å². The molecule has 1 atom stereocenters. The zero-order chi connectivity index (χ0) is 17.6. The van der Waals surface area contributed by atoms with Gasteiger partial charge in [0.05, 0.1) is 5.54 Å². The quantitative estimate of drug-likeness (QED) is 0.746. The first-order valence-electron chi connectivity index (χ1n) is 8.63. The first kappa shape index (κ1) is 21.3. The molecule has 1 saturated heterocycles. The molecule has 6 nitrogen and oxygen atoms in total. The minimum Gasteiger partial charge on any atom is -0.352 e. The van der Waals surface area contributed by atoms with Gasteiger partial charge in [0.2, 0.25) is 5.91 Å². The fraction of sp³-hybridized carbons (Fsp3) is 0.556. The van der Waals surface area contributed by atoms with Crippen molar-refractivity contribution in [2.24, 2.45) is 5.73 Å². The summed E-state index contributed by atoms with van der Waals surface area (Å²) >= 11 is 0. The van der Waals surface area contributed by atoms with E-state index in [1.165, 1.54) is 0 Å². The van der Waals surface area contributed by atoms with Crippen molar-refractivity contribution in [3.63, 3.8) is 0 Å². The molecule has 140 valence electrons. The number of hydrogen-bond acceptors (Lipinski definition) is 3. The Morgan fingerprint density at radius 2 is 1.84 bits per heavy atom. The van der Waals surface area contributed by atoms with E-state index in [-0.39, 0.29) is 30.4 Å². The van der Waals surface area contributed by atoms with E-state index in [1.54, 1.807) is 11.8 Å². The smallest absolute Gasteiger partial charge is 0.321 e. The summed E-state index contributed by atoms with van der Waals surface area (Å²) in [7, 11) is 0. The Morgan fingerprint density at radius 1 is 1.24 bits per heavy atom. The predicted octanol–water partition coefficient (Wildman–Crippen LogP) is 2.74. The van der Waals surface area contributed by atoms with Crippen molar-refractivity contribution in [3.8, 4) is 0 Å². The second-order valence-corrected chi connectivity index (χ2v) is 6.70. The second kappa shape index (κ2) is 9.63. The van der Waals surface area contributed by atoms with E-state index >= 15 is 0 Å². The lowest BCUT2D eigenvalue weighted by Crippen LogP contribution is -2.56. The summed E-state index contributed by atoms with van der Waals surface area (Å²) < 4.78 is 0. The average Bonchev–Trinajstić information content (AvgIpc) is 2.56. The van der Waals surface area contributed by atoms with Gasteiger partial charge in [0.15, 0.2) is 0 Å². The molecule has 0 saturated carbocycles. The molecular weight excluding hydrogens is 340 g/mol. The van der Waals surface area contributed by atoms with E-state index in [1.807, 2.05) is 37.3 Å². The number of likely N-dealkylation sites (tertiary alicyclic amines) is 1. The van der Waals surface area contributed by atoms with E-state index in [4.69, 9.17) is 5.73 Å². The highest BCUT2D eigenvalue weighted by molar-refractivity contribution is 5.89. The number of amides is 3. The molecule has 0 spiro atoms. The van der Waals surface area contributed by atoms with Crippen LogP contribution in [0.1, 0.15) is 39.5 Å². The van der Waals surface area contributed by atoms with Gasteiger partial charge in [0, 0.05) is 24.8 Å². The number of urea groups is 1. The van der Waals surface area contributed by atoms with Crippen LogP contribution in [0.4, 0.5) is 10.5 Å². The number of nitrogens with zero attached hydrogens (tertiary/aromatic N) is 1. The second-order valence-electron chi connectivity index (χ2n) is 6.70. The van der Waals surface area contributed by atoms with Crippen LogP contribution in [-0.2, 0) is 4.79 Å². The van der Waals surface area contributed by atoms with Gasteiger partial charge in [-0.15, -0.1) is 12.4 Å². The summed E-state index contributed by atoms with van der Waals surface area (Å²) in [6.07, 6.45) is 3.03. The summed E-state index contributed by atoms with van der Waals surface area (Å²) in [5, 5.41) is 5.92. The van der Waals surface area contributed by atoms with Crippen molar-refractivity contribution in [2.45, 2.75) is 51.1 Å². The number of halogens is 1. The average molecular weight is 369 g/mol. The van der Waals surface area contributed by atoms with Gasteiger partial charge < -0.3 is 21.3 Å². The van der Waals surface area contributed by atoms with Gasteiger partial charge in [-0.2, -0.15) is 0 Å². The minimum absolute atomic E-state index is 0. The lowest BCUT2D eigenvalue weighted by Gasteiger charge is -2.34.